The molecule has 1 amide bonds. The predicted octanol–water partition coefficient (Wildman–Crippen LogP) is 2.75. The van der Waals surface area contributed by atoms with E-state index < -0.39 is 15.8 Å². The Balaban J connectivity index is 1.87. The topological polar surface area (TPSA) is 66.5 Å². The van der Waals surface area contributed by atoms with E-state index in [1.165, 1.54) is 18.2 Å². The molecule has 2 aromatic rings. The van der Waals surface area contributed by atoms with Crippen molar-refractivity contribution in [1.82, 2.24) is 0 Å². The number of carbonyl (C=O) groups excluding carboxylic acids is 1. The zero-order valence-electron chi connectivity index (χ0n) is 12.2. The van der Waals surface area contributed by atoms with Gasteiger partial charge in [0.05, 0.1) is 10.6 Å². The van der Waals surface area contributed by atoms with Crippen LogP contribution >= 0.6 is 0 Å². The molecule has 0 bridgehead atoms. The van der Waals surface area contributed by atoms with Gasteiger partial charge in [-0.1, -0.05) is 12.1 Å². The van der Waals surface area contributed by atoms with Gasteiger partial charge in [-0.2, -0.15) is 0 Å². The van der Waals surface area contributed by atoms with Gasteiger partial charge >= 0.3 is 0 Å². The van der Waals surface area contributed by atoms with Crippen LogP contribution in [0, 0.1) is 5.82 Å². The molecule has 0 radical (unpaired) electrons. The van der Waals surface area contributed by atoms with Crippen molar-refractivity contribution in [2.45, 2.75) is 17.7 Å². The molecule has 0 unspecified atom stereocenters. The zero-order chi connectivity index (χ0) is 16.4. The van der Waals surface area contributed by atoms with Crippen molar-refractivity contribution < 1.29 is 17.6 Å². The van der Waals surface area contributed by atoms with Crippen molar-refractivity contribution in [2.24, 2.45) is 0 Å². The summed E-state index contributed by atoms with van der Waals surface area (Å²) in [5.41, 5.74) is 0.971. The smallest absolute Gasteiger partial charge is 0.261 e. The Hall–Kier alpha value is -2.41. The highest BCUT2D eigenvalue weighted by Crippen LogP contribution is 2.25. The number of nitrogens with zero attached hydrogens (tertiary/aromatic N) is 1. The van der Waals surface area contributed by atoms with Crippen molar-refractivity contribution in [2.75, 3.05) is 16.2 Å². The maximum atomic E-state index is 13.2. The van der Waals surface area contributed by atoms with Crippen LogP contribution in [0.2, 0.25) is 0 Å². The van der Waals surface area contributed by atoms with Gasteiger partial charge in [0.1, 0.15) is 5.82 Å². The molecule has 1 heterocycles. The second-order valence-electron chi connectivity index (χ2n) is 5.26. The quantitative estimate of drug-likeness (QED) is 0.935. The predicted molar refractivity (Wildman–Crippen MR) is 85.2 cm³/mol. The molecule has 0 saturated carbocycles. The monoisotopic (exact) mass is 334 g/mol. The Morgan fingerprint density at radius 2 is 1.87 bits per heavy atom. The number of hydrogen-bond donors (Lipinski definition) is 1. The van der Waals surface area contributed by atoms with Gasteiger partial charge in [-0.25, -0.2) is 12.8 Å². The van der Waals surface area contributed by atoms with Crippen LogP contribution in [0.1, 0.15) is 12.8 Å². The van der Waals surface area contributed by atoms with Crippen molar-refractivity contribution in [3.05, 3.63) is 54.3 Å². The van der Waals surface area contributed by atoms with Crippen molar-refractivity contribution in [3.63, 3.8) is 0 Å². The first-order valence-electron chi connectivity index (χ1n) is 7.14. The summed E-state index contributed by atoms with van der Waals surface area (Å²) < 4.78 is 40.2. The molecule has 0 atom stereocenters. The molecule has 120 valence electrons. The minimum atomic E-state index is -3.88. The van der Waals surface area contributed by atoms with Crippen molar-refractivity contribution in [3.8, 4) is 0 Å². The van der Waals surface area contributed by atoms with E-state index >= 15 is 0 Å². The maximum absolute atomic E-state index is 13.2. The summed E-state index contributed by atoms with van der Waals surface area (Å²) in [7, 11) is -3.88. The fourth-order valence-corrected chi connectivity index (χ4v) is 3.59. The van der Waals surface area contributed by atoms with Crippen molar-refractivity contribution >= 4 is 27.3 Å². The van der Waals surface area contributed by atoms with Crippen LogP contribution in [0.15, 0.2) is 53.4 Å². The number of amides is 1. The molecule has 2 aromatic carbocycles. The van der Waals surface area contributed by atoms with E-state index in [-0.39, 0.29) is 10.8 Å². The summed E-state index contributed by atoms with van der Waals surface area (Å²) in [4.78, 5) is 13.2. The highest BCUT2D eigenvalue weighted by atomic mass is 32.2. The molecule has 1 N–H and O–H groups in total. The molecule has 5 nitrogen and oxygen atoms in total. The standard InChI is InChI=1S/C16H15FN2O3S/c17-12-4-1-7-15(10-12)23(21,22)18-13-5-2-6-14(11-13)19-9-3-8-16(19)20/h1-2,4-7,10-11,18H,3,8-9H2. The number of nitrogens with one attached hydrogen (secondary N) is 1. The first kappa shape index (κ1) is 15.5. The maximum Gasteiger partial charge on any atom is 0.261 e. The third-order valence-electron chi connectivity index (χ3n) is 3.59. The van der Waals surface area contributed by atoms with Crippen LogP contribution in [0.5, 0.6) is 0 Å². The first-order chi connectivity index (χ1) is 11.0. The highest BCUT2D eigenvalue weighted by molar-refractivity contribution is 7.92. The second kappa shape index (κ2) is 6.00. The minimum Gasteiger partial charge on any atom is -0.312 e. The number of rotatable bonds is 4. The third-order valence-corrected chi connectivity index (χ3v) is 4.97. The van der Waals surface area contributed by atoms with E-state index in [2.05, 4.69) is 4.72 Å². The van der Waals surface area contributed by atoms with Crippen LogP contribution < -0.4 is 9.62 Å². The Morgan fingerprint density at radius 3 is 2.57 bits per heavy atom. The number of sulfonamides is 1. The van der Waals surface area contributed by atoms with Gasteiger partial charge in [0.2, 0.25) is 5.91 Å². The van der Waals surface area contributed by atoms with Crippen LogP contribution in [0.25, 0.3) is 0 Å². The Morgan fingerprint density at radius 1 is 1.09 bits per heavy atom. The Kier molecular flexibility index (Phi) is 4.04. The molecule has 1 aliphatic rings. The number of halogens is 1. The largest absolute Gasteiger partial charge is 0.312 e. The average Bonchev–Trinajstić information content (AvgIpc) is 2.93. The normalized spacial score (nSPS) is 15.0. The van der Waals surface area contributed by atoms with E-state index in [0.717, 1.165) is 12.5 Å². The van der Waals surface area contributed by atoms with Gasteiger partial charge < -0.3 is 4.90 Å². The first-order valence-corrected chi connectivity index (χ1v) is 8.63. The van der Waals surface area contributed by atoms with E-state index in [4.69, 9.17) is 0 Å². The Labute approximate surface area is 133 Å². The number of anilines is 2. The lowest BCUT2D eigenvalue weighted by atomic mass is 10.2. The molecule has 0 spiro atoms. The van der Waals surface area contributed by atoms with Crippen LogP contribution in [-0.2, 0) is 14.8 Å². The lowest BCUT2D eigenvalue weighted by molar-refractivity contribution is -0.117. The Bertz CT molecular complexity index is 852. The highest BCUT2D eigenvalue weighted by Gasteiger charge is 2.22. The lowest BCUT2D eigenvalue weighted by Gasteiger charge is -2.17. The fourth-order valence-electron chi connectivity index (χ4n) is 2.51. The van der Waals surface area contributed by atoms with Gasteiger partial charge in [-0.15, -0.1) is 0 Å². The van der Waals surface area contributed by atoms with Crippen molar-refractivity contribution in [1.29, 1.82) is 0 Å². The molecular formula is C16H15FN2O3S. The van der Waals surface area contributed by atoms with Gasteiger partial charge in [-0.05, 0) is 42.8 Å². The third kappa shape index (κ3) is 3.34. The zero-order valence-corrected chi connectivity index (χ0v) is 13.0. The van der Waals surface area contributed by atoms with Gasteiger partial charge in [0, 0.05) is 18.7 Å². The molecule has 1 saturated heterocycles. The lowest BCUT2D eigenvalue weighted by Crippen LogP contribution is -2.23. The average molecular weight is 334 g/mol. The summed E-state index contributed by atoms with van der Waals surface area (Å²) in [6, 6.07) is 11.4. The number of carbonyl (C=O) groups is 1. The molecule has 23 heavy (non-hydrogen) atoms. The van der Waals surface area contributed by atoms with E-state index in [1.807, 2.05) is 0 Å². The molecule has 0 aliphatic carbocycles. The summed E-state index contributed by atoms with van der Waals surface area (Å²) in [6.45, 7) is 0.624. The van der Waals surface area contributed by atoms with Gasteiger partial charge in [0.15, 0.2) is 0 Å². The fraction of sp³-hybridized carbons (Fsp3) is 0.188. The van der Waals surface area contributed by atoms with E-state index in [9.17, 15) is 17.6 Å². The SMILES string of the molecule is O=C1CCCN1c1cccc(NS(=O)(=O)c2cccc(F)c2)c1. The minimum absolute atomic E-state index is 0.0233. The van der Waals surface area contributed by atoms with Gasteiger partial charge in [0.25, 0.3) is 10.0 Å². The molecule has 7 heteroatoms. The molecule has 1 fully saturated rings. The second-order valence-corrected chi connectivity index (χ2v) is 6.94. The molecule has 1 aliphatic heterocycles. The van der Waals surface area contributed by atoms with Crippen LogP contribution in [0.4, 0.5) is 15.8 Å². The molecular weight excluding hydrogens is 319 g/mol. The number of benzene rings is 2. The summed E-state index contributed by atoms with van der Waals surface area (Å²) in [5.74, 6) is -0.598. The van der Waals surface area contributed by atoms with E-state index in [0.29, 0.717) is 24.3 Å². The van der Waals surface area contributed by atoms with Crippen LogP contribution in [-0.4, -0.2) is 20.9 Å². The van der Waals surface area contributed by atoms with Gasteiger partial charge in [-0.3, -0.25) is 9.52 Å². The number of hydrogen-bond acceptors (Lipinski definition) is 3. The summed E-state index contributed by atoms with van der Waals surface area (Å²) in [5, 5.41) is 0. The summed E-state index contributed by atoms with van der Waals surface area (Å²) in [6.07, 6.45) is 1.29. The molecule has 0 aromatic heterocycles. The van der Waals surface area contributed by atoms with Crippen LogP contribution in [0.3, 0.4) is 0 Å². The summed E-state index contributed by atoms with van der Waals surface area (Å²) >= 11 is 0. The molecule has 3 rings (SSSR count). The van der Waals surface area contributed by atoms with E-state index in [1.54, 1.807) is 29.2 Å².